The van der Waals surface area contributed by atoms with E-state index in [0.29, 0.717) is 24.1 Å². The van der Waals surface area contributed by atoms with Gasteiger partial charge in [0, 0.05) is 26.4 Å². The second kappa shape index (κ2) is 7.03. The maximum Gasteiger partial charge on any atom is 0.228 e. The fourth-order valence-electron chi connectivity index (χ4n) is 2.82. The van der Waals surface area contributed by atoms with Gasteiger partial charge < -0.3 is 14.2 Å². The summed E-state index contributed by atoms with van der Waals surface area (Å²) < 4.78 is 20.8. The van der Waals surface area contributed by atoms with Gasteiger partial charge in [-0.15, -0.1) is 0 Å². The summed E-state index contributed by atoms with van der Waals surface area (Å²) in [5.74, 6) is 2.02. The topological polar surface area (TPSA) is 56.1 Å². The van der Waals surface area contributed by atoms with Crippen molar-refractivity contribution in [3.63, 3.8) is 0 Å². The molecular formula is C20H18FN5O. The molecule has 0 spiro atoms. The highest BCUT2D eigenvalue weighted by Crippen LogP contribution is 2.22. The molecule has 0 amide bonds. The largest absolute Gasteiger partial charge is 0.439 e. The Morgan fingerprint density at radius 1 is 1.04 bits per heavy atom. The minimum atomic E-state index is -0.312. The zero-order valence-corrected chi connectivity index (χ0v) is 15.0. The van der Waals surface area contributed by atoms with Gasteiger partial charge in [0.1, 0.15) is 17.4 Å². The predicted octanol–water partition coefficient (Wildman–Crippen LogP) is 3.93. The van der Waals surface area contributed by atoms with E-state index >= 15 is 0 Å². The van der Waals surface area contributed by atoms with Crippen molar-refractivity contribution in [1.29, 1.82) is 0 Å². The zero-order chi connectivity index (χ0) is 18.8. The number of hydrogen-bond donors (Lipinski definition) is 0. The van der Waals surface area contributed by atoms with Gasteiger partial charge in [0.05, 0.1) is 17.6 Å². The Kier molecular flexibility index (Phi) is 4.42. The maximum absolute atomic E-state index is 13.0. The van der Waals surface area contributed by atoms with Crippen LogP contribution in [0.1, 0.15) is 5.82 Å². The third-order valence-corrected chi connectivity index (χ3v) is 4.25. The van der Waals surface area contributed by atoms with E-state index in [1.165, 1.54) is 12.1 Å². The van der Waals surface area contributed by atoms with E-state index in [2.05, 4.69) is 19.5 Å². The van der Waals surface area contributed by atoms with E-state index in [4.69, 9.17) is 4.74 Å². The van der Waals surface area contributed by atoms with Crippen LogP contribution in [0.5, 0.6) is 11.6 Å². The minimum Gasteiger partial charge on any atom is -0.439 e. The van der Waals surface area contributed by atoms with Crippen molar-refractivity contribution in [1.82, 2.24) is 19.5 Å². The molecular weight excluding hydrogens is 345 g/mol. The molecule has 0 saturated heterocycles. The van der Waals surface area contributed by atoms with Gasteiger partial charge in [-0.1, -0.05) is 12.1 Å². The molecule has 7 heteroatoms. The molecule has 4 aromatic rings. The Labute approximate surface area is 155 Å². The monoisotopic (exact) mass is 363 g/mol. The van der Waals surface area contributed by atoms with Crippen LogP contribution in [0.25, 0.3) is 11.0 Å². The highest BCUT2D eigenvalue weighted by Gasteiger charge is 2.12. The average molecular weight is 363 g/mol. The van der Waals surface area contributed by atoms with Gasteiger partial charge in [-0.05, 0) is 36.4 Å². The number of halogens is 1. The Bertz CT molecular complexity index is 1080. The van der Waals surface area contributed by atoms with E-state index in [1.54, 1.807) is 24.4 Å². The first-order chi connectivity index (χ1) is 13.1. The van der Waals surface area contributed by atoms with Gasteiger partial charge in [-0.25, -0.2) is 14.4 Å². The van der Waals surface area contributed by atoms with Gasteiger partial charge in [0.15, 0.2) is 0 Å². The van der Waals surface area contributed by atoms with Crippen LogP contribution in [0.15, 0.2) is 60.8 Å². The van der Waals surface area contributed by atoms with Crippen molar-refractivity contribution in [3.8, 4) is 11.6 Å². The van der Waals surface area contributed by atoms with Crippen LogP contribution in [-0.2, 0) is 13.6 Å². The normalized spacial score (nSPS) is 10.9. The summed E-state index contributed by atoms with van der Waals surface area (Å²) in [4.78, 5) is 15.3. The first kappa shape index (κ1) is 17.0. The molecule has 2 aromatic carbocycles. The summed E-state index contributed by atoms with van der Waals surface area (Å²) >= 11 is 0. The Balaban J connectivity index is 1.53. The van der Waals surface area contributed by atoms with Gasteiger partial charge >= 0.3 is 0 Å². The van der Waals surface area contributed by atoms with Crippen molar-refractivity contribution in [2.24, 2.45) is 7.05 Å². The lowest BCUT2D eigenvalue weighted by molar-refractivity contribution is 0.459. The van der Waals surface area contributed by atoms with Crippen molar-refractivity contribution in [2.45, 2.75) is 6.54 Å². The lowest BCUT2D eigenvalue weighted by Gasteiger charge is -2.17. The fraction of sp³-hybridized carbons (Fsp3) is 0.150. The van der Waals surface area contributed by atoms with E-state index in [9.17, 15) is 4.39 Å². The van der Waals surface area contributed by atoms with Gasteiger partial charge in [-0.3, -0.25) is 0 Å². The third-order valence-electron chi connectivity index (χ3n) is 4.25. The molecule has 0 aliphatic heterocycles. The number of hydrogen-bond acceptors (Lipinski definition) is 5. The number of rotatable bonds is 5. The fourth-order valence-corrected chi connectivity index (χ4v) is 2.82. The molecule has 6 nitrogen and oxygen atoms in total. The van der Waals surface area contributed by atoms with Crippen LogP contribution >= 0.6 is 0 Å². The van der Waals surface area contributed by atoms with Crippen LogP contribution < -0.4 is 9.64 Å². The number of aromatic nitrogens is 4. The van der Waals surface area contributed by atoms with E-state index in [-0.39, 0.29) is 5.82 Å². The van der Waals surface area contributed by atoms with Crippen LogP contribution in [0.3, 0.4) is 0 Å². The van der Waals surface area contributed by atoms with E-state index in [0.717, 1.165) is 16.9 Å². The summed E-state index contributed by atoms with van der Waals surface area (Å²) in [5.41, 5.74) is 2.04. The number of anilines is 1. The molecule has 2 heterocycles. The first-order valence-electron chi connectivity index (χ1n) is 8.48. The first-order valence-corrected chi connectivity index (χ1v) is 8.48. The average Bonchev–Trinajstić information content (AvgIpc) is 3.00. The second-order valence-electron chi connectivity index (χ2n) is 6.18. The van der Waals surface area contributed by atoms with Crippen LogP contribution in [0, 0.1) is 5.82 Å². The SMILES string of the molecule is CN(Cc1nc2ccccc2n1C)c1nccc(Oc2ccc(F)cc2)n1. The molecule has 0 radical (unpaired) electrons. The van der Waals surface area contributed by atoms with E-state index in [1.807, 2.05) is 43.3 Å². The zero-order valence-electron chi connectivity index (χ0n) is 15.0. The van der Waals surface area contributed by atoms with Crippen molar-refractivity contribution in [3.05, 3.63) is 72.4 Å². The summed E-state index contributed by atoms with van der Waals surface area (Å²) in [7, 11) is 3.89. The number of nitrogens with zero attached hydrogens (tertiary/aromatic N) is 5. The summed E-state index contributed by atoms with van der Waals surface area (Å²) in [6, 6.07) is 15.5. The molecule has 27 heavy (non-hydrogen) atoms. The van der Waals surface area contributed by atoms with E-state index < -0.39 is 0 Å². The number of imidazole rings is 1. The van der Waals surface area contributed by atoms with Crippen LogP contribution in [-0.4, -0.2) is 26.6 Å². The number of benzene rings is 2. The van der Waals surface area contributed by atoms with Gasteiger partial charge in [-0.2, -0.15) is 4.98 Å². The van der Waals surface area contributed by atoms with Crippen LogP contribution in [0.4, 0.5) is 10.3 Å². The predicted molar refractivity (Wildman–Crippen MR) is 101 cm³/mol. The van der Waals surface area contributed by atoms with Crippen molar-refractivity contribution < 1.29 is 9.13 Å². The van der Waals surface area contributed by atoms with Gasteiger partial charge in [0.25, 0.3) is 0 Å². The minimum absolute atomic E-state index is 0.312. The van der Waals surface area contributed by atoms with Gasteiger partial charge in [0.2, 0.25) is 11.8 Å². The molecule has 0 saturated carbocycles. The lowest BCUT2D eigenvalue weighted by atomic mass is 10.3. The van der Waals surface area contributed by atoms with Crippen molar-refractivity contribution in [2.75, 3.05) is 11.9 Å². The Hall–Kier alpha value is -3.48. The molecule has 136 valence electrons. The molecule has 0 N–H and O–H groups in total. The molecule has 0 atom stereocenters. The number of para-hydroxylation sites is 2. The molecule has 2 aromatic heterocycles. The number of ether oxygens (including phenoxy) is 1. The van der Waals surface area contributed by atoms with Crippen LogP contribution in [0.2, 0.25) is 0 Å². The quantitative estimate of drug-likeness (QED) is 0.538. The molecule has 0 fully saturated rings. The third kappa shape index (κ3) is 3.57. The molecule has 0 unspecified atom stereocenters. The number of aryl methyl sites for hydroxylation is 1. The maximum atomic E-state index is 13.0. The molecule has 0 bridgehead atoms. The Morgan fingerprint density at radius 2 is 1.81 bits per heavy atom. The smallest absolute Gasteiger partial charge is 0.228 e. The second-order valence-corrected chi connectivity index (χ2v) is 6.18. The summed E-state index contributed by atoms with van der Waals surface area (Å²) in [6.45, 7) is 0.547. The molecule has 0 aliphatic rings. The lowest BCUT2D eigenvalue weighted by Crippen LogP contribution is -2.21. The molecule has 0 aliphatic carbocycles. The highest BCUT2D eigenvalue weighted by atomic mass is 19.1. The highest BCUT2D eigenvalue weighted by molar-refractivity contribution is 5.75. The standard InChI is InChI=1S/C20H18FN5O/c1-25(13-18-23-16-5-3-4-6-17(16)26(18)2)20-22-12-11-19(24-20)27-15-9-7-14(21)8-10-15/h3-12H,13H2,1-2H3. The number of fused-ring (bicyclic) bond motifs is 1. The summed E-state index contributed by atoms with van der Waals surface area (Å²) in [6.07, 6.45) is 1.63. The van der Waals surface area contributed by atoms with Crippen molar-refractivity contribution >= 4 is 17.0 Å². The molecule has 4 rings (SSSR count). The summed E-state index contributed by atoms with van der Waals surface area (Å²) in [5, 5.41) is 0. The Morgan fingerprint density at radius 3 is 2.59 bits per heavy atom.